The third-order valence-electron chi connectivity index (χ3n) is 7.31. The Morgan fingerprint density at radius 1 is 1.09 bits per heavy atom. The molecule has 2 heterocycles. The minimum Gasteiger partial charge on any atom is -0.507 e. The Hall–Kier alpha value is -3.36. The van der Waals surface area contributed by atoms with Crippen molar-refractivity contribution in [3.05, 3.63) is 36.2 Å². The van der Waals surface area contributed by atoms with Crippen LogP contribution in [0.2, 0.25) is 0 Å². The number of fused-ring (bicyclic) bond motifs is 2. The molecular weight excluding hydrogens is 435 g/mol. The number of methoxy groups -OCH3 is 1. The molecule has 0 spiro atoms. The number of ether oxygens (including phenoxy) is 1. The molecule has 2 aromatic heterocycles. The van der Waals surface area contributed by atoms with Crippen molar-refractivity contribution >= 4 is 5.82 Å². The molecular formula is C25H29FN6O2. The summed E-state index contributed by atoms with van der Waals surface area (Å²) in [6.45, 7) is 1.81. The first-order valence-electron chi connectivity index (χ1n) is 11.7. The second-order valence-corrected chi connectivity index (χ2v) is 9.41. The van der Waals surface area contributed by atoms with Gasteiger partial charge in [0.05, 0.1) is 30.6 Å². The van der Waals surface area contributed by atoms with Gasteiger partial charge >= 0.3 is 0 Å². The van der Waals surface area contributed by atoms with Gasteiger partial charge in [0.25, 0.3) is 0 Å². The third kappa shape index (κ3) is 4.15. The summed E-state index contributed by atoms with van der Waals surface area (Å²) in [5, 5.41) is 27.5. The Bertz CT molecular complexity index is 1170. The molecule has 0 amide bonds. The van der Waals surface area contributed by atoms with Crippen molar-refractivity contribution in [2.75, 3.05) is 19.1 Å². The van der Waals surface area contributed by atoms with E-state index in [0.717, 1.165) is 25.7 Å². The predicted molar refractivity (Wildman–Crippen MR) is 126 cm³/mol. The van der Waals surface area contributed by atoms with E-state index in [1.54, 1.807) is 31.5 Å². The van der Waals surface area contributed by atoms with Crippen LogP contribution in [-0.2, 0) is 0 Å². The van der Waals surface area contributed by atoms with Gasteiger partial charge in [-0.25, -0.2) is 9.37 Å². The maximum absolute atomic E-state index is 15.1. The van der Waals surface area contributed by atoms with Crippen LogP contribution in [0.25, 0.3) is 22.6 Å². The smallest absolute Gasteiger partial charge is 0.185 e. The quantitative estimate of drug-likeness (QED) is 0.595. The van der Waals surface area contributed by atoms with E-state index in [0.29, 0.717) is 45.8 Å². The Morgan fingerprint density at radius 2 is 1.94 bits per heavy atom. The van der Waals surface area contributed by atoms with Crippen LogP contribution in [-0.4, -0.2) is 56.9 Å². The van der Waals surface area contributed by atoms with Gasteiger partial charge in [-0.05, 0) is 50.2 Å². The van der Waals surface area contributed by atoms with Gasteiger partial charge < -0.3 is 14.7 Å². The van der Waals surface area contributed by atoms with Crippen molar-refractivity contribution in [2.24, 2.45) is 11.8 Å². The molecule has 2 fully saturated rings. The van der Waals surface area contributed by atoms with Crippen LogP contribution in [0.1, 0.15) is 37.8 Å². The van der Waals surface area contributed by atoms with Crippen molar-refractivity contribution in [1.82, 2.24) is 25.4 Å². The highest BCUT2D eigenvalue weighted by Crippen LogP contribution is 2.43. The Labute approximate surface area is 198 Å². The molecule has 0 aliphatic heterocycles. The molecule has 5 rings (SSSR count). The maximum Gasteiger partial charge on any atom is 0.185 e. The van der Waals surface area contributed by atoms with E-state index in [1.165, 1.54) is 6.42 Å². The summed E-state index contributed by atoms with van der Waals surface area (Å²) >= 11 is 0. The minimum atomic E-state index is -0.858. The fourth-order valence-corrected chi connectivity index (χ4v) is 5.38. The van der Waals surface area contributed by atoms with Crippen LogP contribution >= 0.6 is 0 Å². The summed E-state index contributed by atoms with van der Waals surface area (Å²) in [6, 6.07) is 6.69. The first kappa shape index (κ1) is 22.4. The molecule has 3 aromatic rings. The first-order chi connectivity index (χ1) is 16.4. The van der Waals surface area contributed by atoms with Crippen LogP contribution in [0.15, 0.2) is 30.5 Å². The lowest BCUT2D eigenvalue weighted by Crippen LogP contribution is -2.49. The summed E-state index contributed by atoms with van der Waals surface area (Å²) in [5.74, 6) is 2.20. The SMILES string of the molecule is COc1cc(-c2ccc(-c3ncc(N(C)[C@H]4C[C@@H]5CCC[C@@H](C5)[C@H]4F)nn3)c(O)c2)nnc1C. The van der Waals surface area contributed by atoms with Crippen molar-refractivity contribution < 1.29 is 14.2 Å². The Kier molecular flexibility index (Phi) is 6.02. The number of aromatic hydroxyl groups is 1. The van der Waals surface area contributed by atoms with E-state index >= 15 is 4.39 Å². The number of rotatable bonds is 5. The van der Waals surface area contributed by atoms with Crippen LogP contribution < -0.4 is 9.64 Å². The number of alkyl halides is 1. The summed E-state index contributed by atoms with van der Waals surface area (Å²) in [5.41, 5.74) is 2.41. The standard InChI is InChI=1S/C25H29FN6O2/c1-14-22(34-3)12-19(29-28-14)16-7-8-18(21(33)11-16)25-27-13-23(30-31-25)32(2)20-10-15-5-4-6-17(9-15)24(20)26/h7-8,11-13,15,17,20,24,33H,4-6,9-10H2,1-3H3/t15-,17+,20+,24-/m1/s1. The van der Waals surface area contributed by atoms with Gasteiger partial charge in [0.15, 0.2) is 11.6 Å². The van der Waals surface area contributed by atoms with Crippen LogP contribution in [0.3, 0.4) is 0 Å². The van der Waals surface area contributed by atoms with Crippen LogP contribution in [0, 0.1) is 18.8 Å². The van der Waals surface area contributed by atoms with E-state index in [2.05, 4.69) is 25.4 Å². The molecule has 178 valence electrons. The highest BCUT2D eigenvalue weighted by atomic mass is 19.1. The normalized spacial score (nSPS) is 24.0. The second kappa shape index (κ2) is 9.12. The zero-order valence-corrected chi connectivity index (χ0v) is 19.6. The number of aromatic nitrogens is 5. The van der Waals surface area contributed by atoms with Crippen molar-refractivity contribution in [2.45, 2.75) is 51.2 Å². The van der Waals surface area contributed by atoms with Gasteiger partial charge in [-0.1, -0.05) is 18.9 Å². The predicted octanol–water partition coefficient (Wildman–Crippen LogP) is 4.37. The Morgan fingerprint density at radius 3 is 2.68 bits per heavy atom. The average Bonchev–Trinajstić information content (AvgIpc) is 2.86. The monoisotopic (exact) mass is 464 g/mol. The lowest BCUT2D eigenvalue weighted by molar-refractivity contribution is 0.0656. The minimum absolute atomic E-state index is 0.00525. The van der Waals surface area contributed by atoms with E-state index in [9.17, 15) is 5.11 Å². The van der Waals surface area contributed by atoms with Crippen LogP contribution in [0.5, 0.6) is 11.5 Å². The van der Waals surface area contributed by atoms with Crippen molar-refractivity contribution in [3.8, 4) is 34.1 Å². The maximum atomic E-state index is 15.1. The molecule has 1 N–H and O–H groups in total. The van der Waals surface area contributed by atoms with E-state index < -0.39 is 6.17 Å². The van der Waals surface area contributed by atoms with Gasteiger partial charge in [-0.15, -0.1) is 15.3 Å². The zero-order chi connectivity index (χ0) is 23.8. The van der Waals surface area contributed by atoms with E-state index in [4.69, 9.17) is 4.74 Å². The number of halogens is 1. The molecule has 0 unspecified atom stereocenters. The van der Waals surface area contributed by atoms with Gasteiger partial charge in [0.2, 0.25) is 0 Å². The second-order valence-electron chi connectivity index (χ2n) is 9.41. The fourth-order valence-electron chi connectivity index (χ4n) is 5.38. The Balaban J connectivity index is 1.35. The molecule has 4 atom stereocenters. The molecule has 0 radical (unpaired) electrons. The molecule has 2 saturated carbocycles. The molecule has 34 heavy (non-hydrogen) atoms. The lowest BCUT2D eigenvalue weighted by atomic mass is 9.69. The molecule has 8 nitrogen and oxygen atoms in total. The number of aryl methyl sites for hydroxylation is 1. The van der Waals surface area contributed by atoms with Crippen molar-refractivity contribution in [1.29, 1.82) is 0 Å². The number of phenols is 1. The van der Waals surface area contributed by atoms with Crippen molar-refractivity contribution in [3.63, 3.8) is 0 Å². The number of benzene rings is 1. The summed E-state index contributed by atoms with van der Waals surface area (Å²) in [7, 11) is 3.44. The number of hydrogen-bond acceptors (Lipinski definition) is 8. The number of nitrogens with zero attached hydrogens (tertiary/aromatic N) is 6. The highest BCUT2D eigenvalue weighted by molar-refractivity contribution is 5.71. The summed E-state index contributed by atoms with van der Waals surface area (Å²) in [6.07, 6.45) is 5.88. The third-order valence-corrected chi connectivity index (χ3v) is 7.31. The molecule has 0 saturated heterocycles. The first-order valence-corrected chi connectivity index (χ1v) is 11.7. The molecule has 2 aliphatic carbocycles. The van der Waals surface area contributed by atoms with Gasteiger partial charge in [-0.3, -0.25) is 0 Å². The van der Waals surface area contributed by atoms with E-state index in [-0.39, 0.29) is 17.7 Å². The zero-order valence-electron chi connectivity index (χ0n) is 19.6. The number of anilines is 1. The average molecular weight is 465 g/mol. The van der Waals surface area contributed by atoms with Gasteiger partial charge in [0, 0.05) is 18.7 Å². The largest absolute Gasteiger partial charge is 0.507 e. The van der Waals surface area contributed by atoms with Crippen LogP contribution in [0.4, 0.5) is 10.2 Å². The number of phenolic OH excluding ortho intramolecular Hbond substituents is 1. The fraction of sp³-hybridized carbons (Fsp3) is 0.480. The van der Waals surface area contributed by atoms with Gasteiger partial charge in [-0.2, -0.15) is 5.10 Å². The molecule has 9 heteroatoms. The highest BCUT2D eigenvalue weighted by Gasteiger charge is 2.42. The van der Waals surface area contributed by atoms with E-state index in [1.807, 2.05) is 24.9 Å². The summed E-state index contributed by atoms with van der Waals surface area (Å²) in [4.78, 5) is 6.30. The topological polar surface area (TPSA) is 97.2 Å². The van der Waals surface area contributed by atoms with Gasteiger partial charge in [0.1, 0.15) is 23.4 Å². The molecule has 1 aromatic carbocycles. The molecule has 2 aliphatic rings. The lowest BCUT2D eigenvalue weighted by Gasteiger charge is -2.45. The number of hydrogen-bond donors (Lipinski definition) is 1. The summed E-state index contributed by atoms with van der Waals surface area (Å²) < 4.78 is 20.5. The molecule has 2 bridgehead atoms.